The van der Waals surface area contributed by atoms with Gasteiger partial charge in [-0.1, -0.05) is 17.7 Å². The highest BCUT2D eigenvalue weighted by molar-refractivity contribution is 7.89. The van der Waals surface area contributed by atoms with Crippen molar-refractivity contribution in [3.05, 3.63) is 50.7 Å². The van der Waals surface area contributed by atoms with Gasteiger partial charge >= 0.3 is 0 Å². The molecule has 2 aromatic rings. The van der Waals surface area contributed by atoms with E-state index >= 15 is 0 Å². The van der Waals surface area contributed by atoms with Crippen molar-refractivity contribution in [1.82, 2.24) is 4.72 Å². The quantitative estimate of drug-likeness (QED) is 0.843. The summed E-state index contributed by atoms with van der Waals surface area (Å²) < 4.78 is 27.5. The molecular formula is C17H19NO3S2. The molecule has 1 aromatic heterocycles. The van der Waals surface area contributed by atoms with Crippen molar-refractivity contribution in [2.45, 2.75) is 44.0 Å². The van der Waals surface area contributed by atoms with Crippen LogP contribution >= 0.6 is 11.3 Å². The maximum atomic E-state index is 12.4. The molecule has 0 radical (unpaired) electrons. The van der Waals surface area contributed by atoms with E-state index in [2.05, 4.69) is 4.72 Å². The van der Waals surface area contributed by atoms with Crippen LogP contribution in [0.1, 0.15) is 44.1 Å². The van der Waals surface area contributed by atoms with Crippen LogP contribution in [0.4, 0.5) is 0 Å². The number of aryl methyl sites for hydroxylation is 2. The van der Waals surface area contributed by atoms with E-state index in [0.29, 0.717) is 4.88 Å². The van der Waals surface area contributed by atoms with Crippen LogP contribution in [0.25, 0.3) is 0 Å². The van der Waals surface area contributed by atoms with Crippen LogP contribution in [-0.2, 0) is 29.4 Å². The molecule has 0 saturated carbocycles. The fraction of sp³-hybridized carbons (Fsp3) is 0.353. The molecule has 0 saturated heterocycles. The smallest absolute Gasteiger partial charge is 0.240 e. The van der Waals surface area contributed by atoms with E-state index in [0.717, 1.165) is 43.1 Å². The number of carbonyl (C=O) groups is 1. The lowest BCUT2D eigenvalue weighted by atomic mass is 9.95. The molecule has 0 spiro atoms. The molecule has 1 aliphatic rings. The van der Waals surface area contributed by atoms with Crippen molar-refractivity contribution in [2.75, 3.05) is 0 Å². The number of fused-ring (bicyclic) bond motifs is 1. The minimum atomic E-state index is -3.57. The van der Waals surface area contributed by atoms with Gasteiger partial charge in [-0.3, -0.25) is 4.79 Å². The van der Waals surface area contributed by atoms with Gasteiger partial charge in [0.2, 0.25) is 10.0 Å². The average molecular weight is 349 g/mol. The fourth-order valence-electron chi connectivity index (χ4n) is 2.91. The van der Waals surface area contributed by atoms with Crippen molar-refractivity contribution in [2.24, 2.45) is 0 Å². The Labute approximate surface area is 140 Å². The minimum absolute atomic E-state index is 0.177. The topological polar surface area (TPSA) is 63.2 Å². The largest absolute Gasteiger partial charge is 0.297 e. The van der Waals surface area contributed by atoms with Gasteiger partial charge in [-0.25, -0.2) is 13.1 Å². The first-order valence-electron chi connectivity index (χ1n) is 7.66. The molecule has 0 unspecified atom stereocenters. The van der Waals surface area contributed by atoms with Gasteiger partial charge in [0.05, 0.1) is 9.77 Å². The van der Waals surface area contributed by atoms with Gasteiger partial charge in [-0.15, -0.1) is 11.3 Å². The van der Waals surface area contributed by atoms with Gasteiger partial charge in [-0.2, -0.15) is 0 Å². The molecule has 0 fully saturated rings. The summed E-state index contributed by atoms with van der Waals surface area (Å²) in [6.07, 6.45) is 5.01. The molecule has 122 valence electrons. The van der Waals surface area contributed by atoms with Gasteiger partial charge in [0.25, 0.3) is 0 Å². The molecule has 1 N–H and O–H groups in total. The molecule has 0 bridgehead atoms. The van der Waals surface area contributed by atoms with Crippen LogP contribution in [0.15, 0.2) is 29.2 Å². The average Bonchev–Trinajstić information content (AvgIpc) is 2.91. The lowest BCUT2D eigenvalue weighted by molar-refractivity contribution is 0.112. The number of hydrogen-bond acceptors (Lipinski definition) is 4. The number of hydrogen-bond donors (Lipinski definition) is 1. The van der Waals surface area contributed by atoms with E-state index in [1.54, 1.807) is 24.3 Å². The number of carbonyl (C=O) groups excluding carboxylic acids is 1. The van der Waals surface area contributed by atoms with Crippen molar-refractivity contribution in [1.29, 1.82) is 0 Å². The van der Waals surface area contributed by atoms with E-state index in [4.69, 9.17) is 0 Å². The number of thiophene rings is 1. The molecule has 4 nitrogen and oxygen atoms in total. The Morgan fingerprint density at radius 1 is 1.17 bits per heavy atom. The molecule has 0 atom stereocenters. The van der Waals surface area contributed by atoms with E-state index in [1.165, 1.54) is 21.8 Å². The summed E-state index contributed by atoms with van der Waals surface area (Å²) in [6.45, 7) is 2.09. The first kappa shape index (κ1) is 16.4. The van der Waals surface area contributed by atoms with Gasteiger partial charge in [0.1, 0.15) is 0 Å². The van der Waals surface area contributed by atoms with Crippen LogP contribution in [0.5, 0.6) is 0 Å². The summed E-state index contributed by atoms with van der Waals surface area (Å²) in [7, 11) is -3.57. The molecule has 0 aliphatic heterocycles. The number of benzene rings is 1. The highest BCUT2D eigenvalue weighted by atomic mass is 32.2. The summed E-state index contributed by atoms with van der Waals surface area (Å²) in [6, 6.07) is 6.75. The molecule has 0 amide bonds. The molecule has 3 rings (SSSR count). The second-order valence-corrected chi connectivity index (χ2v) is 8.71. The minimum Gasteiger partial charge on any atom is -0.297 e. The van der Waals surface area contributed by atoms with Crippen LogP contribution in [0.3, 0.4) is 0 Å². The van der Waals surface area contributed by atoms with Gasteiger partial charge < -0.3 is 0 Å². The highest BCUT2D eigenvalue weighted by Gasteiger charge is 2.22. The first-order valence-corrected chi connectivity index (χ1v) is 9.96. The summed E-state index contributed by atoms with van der Waals surface area (Å²) in [5, 5.41) is 0. The van der Waals surface area contributed by atoms with Crippen LogP contribution in [0, 0.1) is 6.92 Å². The zero-order valence-corrected chi connectivity index (χ0v) is 14.6. The predicted octanol–water partition coefficient (Wildman–Crippen LogP) is 3.23. The number of sulfonamides is 1. The van der Waals surface area contributed by atoms with Gasteiger partial charge in [-0.05, 0) is 55.9 Å². The number of nitrogens with one attached hydrogen (secondary N) is 1. The maximum Gasteiger partial charge on any atom is 0.240 e. The van der Waals surface area contributed by atoms with Crippen molar-refractivity contribution >= 4 is 27.6 Å². The molecular weight excluding hydrogens is 330 g/mol. The zero-order chi connectivity index (χ0) is 16.4. The third-order valence-electron chi connectivity index (χ3n) is 4.19. The number of aldehydes is 1. The predicted molar refractivity (Wildman–Crippen MR) is 91.6 cm³/mol. The fourth-order valence-corrected chi connectivity index (χ4v) is 5.13. The van der Waals surface area contributed by atoms with Crippen LogP contribution in [0.2, 0.25) is 0 Å². The first-order chi connectivity index (χ1) is 11.0. The van der Waals surface area contributed by atoms with E-state index in [-0.39, 0.29) is 11.4 Å². The van der Waals surface area contributed by atoms with E-state index in [1.807, 2.05) is 6.92 Å². The summed E-state index contributed by atoms with van der Waals surface area (Å²) in [4.78, 5) is 13.5. The van der Waals surface area contributed by atoms with Crippen LogP contribution < -0.4 is 4.72 Å². The van der Waals surface area contributed by atoms with Crippen LogP contribution in [-0.4, -0.2) is 14.7 Å². The Balaban J connectivity index is 1.84. The normalized spacial score (nSPS) is 14.5. The Morgan fingerprint density at radius 3 is 2.57 bits per heavy atom. The maximum absolute atomic E-state index is 12.4. The lowest BCUT2D eigenvalue weighted by Gasteiger charge is -2.13. The SMILES string of the molecule is Cc1ccc(S(=O)(=O)NCc2c(C=O)sc3c2CCCC3)cc1. The summed E-state index contributed by atoms with van der Waals surface area (Å²) in [5.41, 5.74) is 3.05. The Bertz CT molecular complexity index is 820. The highest BCUT2D eigenvalue weighted by Crippen LogP contribution is 2.33. The second-order valence-electron chi connectivity index (χ2n) is 5.81. The van der Waals surface area contributed by atoms with E-state index < -0.39 is 10.0 Å². The Hall–Kier alpha value is -1.50. The molecule has 23 heavy (non-hydrogen) atoms. The molecule has 1 aliphatic carbocycles. The third kappa shape index (κ3) is 3.39. The van der Waals surface area contributed by atoms with Crippen molar-refractivity contribution in [3.8, 4) is 0 Å². The van der Waals surface area contributed by atoms with Crippen molar-refractivity contribution < 1.29 is 13.2 Å². The standard InChI is InChI=1S/C17H19NO3S2/c1-12-6-8-13(9-7-12)23(20,21)18-10-15-14-4-2-3-5-16(14)22-17(15)11-19/h6-9,11,18H,2-5,10H2,1H3. The molecule has 1 aromatic carbocycles. The van der Waals surface area contributed by atoms with Gasteiger partial charge in [0, 0.05) is 11.4 Å². The molecule has 6 heteroatoms. The Morgan fingerprint density at radius 2 is 1.87 bits per heavy atom. The third-order valence-corrected chi connectivity index (χ3v) is 6.87. The zero-order valence-electron chi connectivity index (χ0n) is 13.0. The molecule has 1 heterocycles. The van der Waals surface area contributed by atoms with Crippen molar-refractivity contribution in [3.63, 3.8) is 0 Å². The second kappa shape index (κ2) is 6.55. The lowest BCUT2D eigenvalue weighted by Crippen LogP contribution is -2.24. The van der Waals surface area contributed by atoms with E-state index in [9.17, 15) is 13.2 Å². The summed E-state index contributed by atoms with van der Waals surface area (Å²) in [5.74, 6) is 0. The Kier molecular flexibility index (Phi) is 4.66. The number of rotatable bonds is 5. The van der Waals surface area contributed by atoms with Gasteiger partial charge in [0.15, 0.2) is 6.29 Å². The summed E-state index contributed by atoms with van der Waals surface area (Å²) >= 11 is 1.51. The monoisotopic (exact) mass is 349 g/mol.